The van der Waals surface area contributed by atoms with Gasteiger partial charge in [0, 0.05) is 27.1 Å². The van der Waals surface area contributed by atoms with Gasteiger partial charge in [-0.25, -0.2) is 4.39 Å². The molecule has 3 aromatic rings. The Bertz CT molecular complexity index is 979. The number of carboxylic acid groups (broad SMARTS) is 1. The van der Waals surface area contributed by atoms with Crippen molar-refractivity contribution < 1.29 is 23.4 Å². The molecule has 1 aromatic heterocycles. The van der Waals surface area contributed by atoms with Gasteiger partial charge in [0.15, 0.2) is 0 Å². The number of halogens is 2. The van der Waals surface area contributed by atoms with Gasteiger partial charge in [-0.15, -0.1) is 0 Å². The first-order valence-corrected chi connectivity index (χ1v) is 8.67. The van der Waals surface area contributed by atoms with Crippen molar-refractivity contribution in [1.82, 2.24) is 0 Å². The van der Waals surface area contributed by atoms with Crippen molar-refractivity contribution in [2.45, 2.75) is 25.4 Å². The fourth-order valence-electron chi connectivity index (χ4n) is 3.35. The minimum absolute atomic E-state index is 0.0948. The van der Waals surface area contributed by atoms with E-state index < -0.39 is 5.97 Å². The fourth-order valence-corrected chi connectivity index (χ4v) is 3.89. The summed E-state index contributed by atoms with van der Waals surface area (Å²) >= 11 is 3.46. The number of fused-ring (bicyclic) bond motifs is 2. The van der Waals surface area contributed by atoms with E-state index in [0.717, 1.165) is 21.8 Å². The van der Waals surface area contributed by atoms with Crippen LogP contribution in [0.3, 0.4) is 0 Å². The number of carbonyl (C=O) groups is 1. The van der Waals surface area contributed by atoms with Crippen LogP contribution in [0, 0.1) is 5.82 Å². The van der Waals surface area contributed by atoms with E-state index in [1.165, 1.54) is 12.3 Å². The second-order valence-corrected chi connectivity index (χ2v) is 6.91. The van der Waals surface area contributed by atoms with Crippen LogP contribution >= 0.6 is 15.9 Å². The van der Waals surface area contributed by atoms with E-state index in [2.05, 4.69) is 15.9 Å². The number of benzene rings is 2. The molecule has 1 aliphatic carbocycles. The third-order valence-corrected chi connectivity index (χ3v) is 5.22. The van der Waals surface area contributed by atoms with Crippen molar-refractivity contribution >= 4 is 32.9 Å². The van der Waals surface area contributed by atoms with E-state index in [-0.39, 0.29) is 18.3 Å². The Kier molecular flexibility index (Phi) is 4.00. The molecule has 0 saturated heterocycles. The van der Waals surface area contributed by atoms with Gasteiger partial charge in [0.1, 0.15) is 23.3 Å². The standard InChI is InChI=1S/C19H14BrFO4/c20-14-4-5-15(21)19-13(14)3-6-16(19)25-11-1-2-12-10(7-18(22)23)9-24-17(12)8-11/h1-2,4-5,8-9,16H,3,6-7H2,(H,22,23). The number of ether oxygens (including phenoxy) is 1. The van der Waals surface area contributed by atoms with Gasteiger partial charge >= 0.3 is 5.97 Å². The van der Waals surface area contributed by atoms with E-state index in [9.17, 15) is 9.18 Å². The van der Waals surface area contributed by atoms with Crippen LogP contribution in [0.25, 0.3) is 11.0 Å². The normalized spacial score (nSPS) is 16.2. The monoisotopic (exact) mass is 404 g/mol. The van der Waals surface area contributed by atoms with Crippen LogP contribution in [0.2, 0.25) is 0 Å². The molecular weight excluding hydrogens is 391 g/mol. The lowest BCUT2D eigenvalue weighted by Crippen LogP contribution is -2.05. The van der Waals surface area contributed by atoms with Crippen LogP contribution in [0.5, 0.6) is 5.75 Å². The van der Waals surface area contributed by atoms with Gasteiger partial charge in [-0.3, -0.25) is 4.79 Å². The van der Waals surface area contributed by atoms with Crippen molar-refractivity contribution in [3.05, 3.63) is 63.6 Å². The van der Waals surface area contributed by atoms with Crippen LogP contribution in [-0.2, 0) is 17.6 Å². The van der Waals surface area contributed by atoms with Gasteiger partial charge in [-0.05, 0) is 42.7 Å². The molecule has 25 heavy (non-hydrogen) atoms. The van der Waals surface area contributed by atoms with Gasteiger partial charge < -0.3 is 14.3 Å². The van der Waals surface area contributed by atoms with Crippen molar-refractivity contribution in [3.63, 3.8) is 0 Å². The lowest BCUT2D eigenvalue weighted by Gasteiger charge is -2.16. The Labute approximate surface area is 151 Å². The molecule has 0 spiro atoms. The second-order valence-electron chi connectivity index (χ2n) is 6.06. The molecule has 1 N–H and O–H groups in total. The largest absolute Gasteiger partial charge is 0.485 e. The number of aliphatic carboxylic acids is 1. The van der Waals surface area contributed by atoms with Gasteiger partial charge in [-0.1, -0.05) is 15.9 Å². The third kappa shape index (κ3) is 2.91. The summed E-state index contributed by atoms with van der Waals surface area (Å²) in [5, 5.41) is 9.67. The maximum absolute atomic E-state index is 14.2. The fraction of sp³-hybridized carbons (Fsp3) is 0.211. The SMILES string of the molecule is O=C(O)Cc1coc2cc(OC3CCc4c(Br)ccc(F)c43)ccc12. The Hall–Kier alpha value is -2.34. The number of hydrogen-bond donors (Lipinski definition) is 1. The third-order valence-electron chi connectivity index (χ3n) is 4.47. The number of carboxylic acids is 1. The van der Waals surface area contributed by atoms with Crippen molar-refractivity contribution in [3.8, 4) is 5.75 Å². The maximum Gasteiger partial charge on any atom is 0.307 e. The topological polar surface area (TPSA) is 59.7 Å². The summed E-state index contributed by atoms with van der Waals surface area (Å²) in [6.07, 6.45) is 2.46. The summed E-state index contributed by atoms with van der Waals surface area (Å²) in [7, 11) is 0. The zero-order valence-electron chi connectivity index (χ0n) is 13.1. The Morgan fingerprint density at radius 2 is 2.20 bits per heavy atom. The maximum atomic E-state index is 14.2. The van der Waals surface area contributed by atoms with Gasteiger partial charge in [0.2, 0.25) is 0 Å². The first kappa shape index (κ1) is 16.1. The van der Waals surface area contributed by atoms with Crippen molar-refractivity contribution in [1.29, 1.82) is 0 Å². The molecule has 128 valence electrons. The molecule has 1 aliphatic rings. The first-order chi connectivity index (χ1) is 12.0. The summed E-state index contributed by atoms with van der Waals surface area (Å²) in [6.45, 7) is 0. The lowest BCUT2D eigenvalue weighted by atomic mass is 10.1. The molecule has 0 saturated carbocycles. The summed E-state index contributed by atoms with van der Waals surface area (Å²) in [6, 6.07) is 8.42. The predicted octanol–water partition coefficient (Wildman–Crippen LogP) is 5.03. The van der Waals surface area contributed by atoms with E-state index in [0.29, 0.717) is 28.9 Å². The molecule has 0 bridgehead atoms. The Morgan fingerprint density at radius 1 is 1.36 bits per heavy atom. The molecule has 4 nitrogen and oxygen atoms in total. The highest BCUT2D eigenvalue weighted by Gasteiger charge is 2.29. The molecule has 2 aromatic carbocycles. The highest BCUT2D eigenvalue weighted by molar-refractivity contribution is 9.10. The van der Waals surface area contributed by atoms with E-state index >= 15 is 0 Å². The lowest BCUT2D eigenvalue weighted by molar-refractivity contribution is -0.136. The number of rotatable bonds is 4. The van der Waals surface area contributed by atoms with Crippen LogP contribution in [0.1, 0.15) is 29.2 Å². The minimum atomic E-state index is -0.911. The van der Waals surface area contributed by atoms with E-state index in [1.807, 2.05) is 0 Å². The second kappa shape index (κ2) is 6.19. The van der Waals surface area contributed by atoms with E-state index in [4.69, 9.17) is 14.3 Å². The zero-order valence-corrected chi connectivity index (χ0v) is 14.7. The Balaban J connectivity index is 1.63. The molecule has 0 fully saturated rings. The van der Waals surface area contributed by atoms with Crippen LogP contribution in [-0.4, -0.2) is 11.1 Å². The smallest absolute Gasteiger partial charge is 0.307 e. The van der Waals surface area contributed by atoms with Gasteiger partial charge in [0.05, 0.1) is 12.7 Å². The van der Waals surface area contributed by atoms with Gasteiger partial charge in [0.25, 0.3) is 0 Å². The first-order valence-electron chi connectivity index (χ1n) is 7.88. The molecule has 6 heteroatoms. The Morgan fingerprint density at radius 3 is 3.00 bits per heavy atom. The highest BCUT2D eigenvalue weighted by atomic mass is 79.9. The summed E-state index contributed by atoms with van der Waals surface area (Å²) in [4.78, 5) is 10.9. The van der Waals surface area contributed by atoms with Crippen LogP contribution in [0.4, 0.5) is 4.39 Å². The van der Waals surface area contributed by atoms with Crippen molar-refractivity contribution in [2.75, 3.05) is 0 Å². The molecular formula is C19H14BrFO4. The number of furan rings is 1. The predicted molar refractivity (Wildman–Crippen MR) is 93.3 cm³/mol. The molecule has 1 unspecified atom stereocenters. The number of hydrogen-bond acceptors (Lipinski definition) is 3. The zero-order chi connectivity index (χ0) is 17.6. The molecule has 0 radical (unpaired) electrons. The van der Waals surface area contributed by atoms with E-state index in [1.54, 1.807) is 24.3 Å². The molecule has 1 heterocycles. The molecule has 1 atom stereocenters. The van der Waals surface area contributed by atoms with Crippen LogP contribution in [0.15, 0.2) is 45.5 Å². The summed E-state index contributed by atoms with van der Waals surface area (Å²) in [5.41, 5.74) is 2.73. The average molecular weight is 405 g/mol. The average Bonchev–Trinajstić information content (AvgIpc) is 3.16. The summed E-state index contributed by atoms with van der Waals surface area (Å²) < 4.78 is 26.6. The minimum Gasteiger partial charge on any atom is -0.485 e. The van der Waals surface area contributed by atoms with Crippen LogP contribution < -0.4 is 4.74 Å². The van der Waals surface area contributed by atoms with Gasteiger partial charge in [-0.2, -0.15) is 0 Å². The molecule has 0 aliphatic heterocycles. The molecule has 0 amide bonds. The molecule has 4 rings (SSSR count). The van der Waals surface area contributed by atoms with Crippen molar-refractivity contribution in [2.24, 2.45) is 0 Å². The summed E-state index contributed by atoms with van der Waals surface area (Å²) in [5.74, 6) is -0.601. The highest BCUT2D eigenvalue weighted by Crippen LogP contribution is 2.40. The quantitative estimate of drug-likeness (QED) is 0.662.